The lowest BCUT2D eigenvalue weighted by atomic mass is 10.2. The fourth-order valence-corrected chi connectivity index (χ4v) is 2.13. The fourth-order valence-electron chi connectivity index (χ4n) is 1.79. The van der Waals surface area contributed by atoms with Crippen LogP contribution < -0.4 is 11.1 Å². The molecule has 0 aliphatic heterocycles. The standard InChI is InChI=1S/C14H19N3O3S/c1-14(2,21(3,19)20)8-16-13(18)12-7-9-6-10(15)4-5-11(9)17-12/h4-7,17H,8,15H2,1-3H3,(H,16,18). The zero-order chi connectivity index (χ0) is 15.8. The SMILES string of the molecule is CC(C)(CNC(=O)c1cc2cc(N)ccc2[nH]1)S(C)(=O)=O. The van der Waals surface area contributed by atoms with E-state index < -0.39 is 14.6 Å². The summed E-state index contributed by atoms with van der Waals surface area (Å²) in [6, 6.07) is 6.99. The van der Waals surface area contributed by atoms with Crippen molar-refractivity contribution in [3.05, 3.63) is 30.0 Å². The van der Waals surface area contributed by atoms with Crippen LogP contribution >= 0.6 is 0 Å². The van der Waals surface area contributed by atoms with Gasteiger partial charge in [0.25, 0.3) is 5.91 Å². The first kappa shape index (κ1) is 15.4. The van der Waals surface area contributed by atoms with E-state index in [2.05, 4.69) is 10.3 Å². The summed E-state index contributed by atoms with van der Waals surface area (Å²) in [4.78, 5) is 15.1. The van der Waals surface area contributed by atoms with E-state index >= 15 is 0 Å². The molecular formula is C14H19N3O3S. The first-order valence-electron chi connectivity index (χ1n) is 6.46. The lowest BCUT2D eigenvalue weighted by Gasteiger charge is -2.22. The third kappa shape index (κ3) is 3.18. The van der Waals surface area contributed by atoms with Gasteiger partial charge >= 0.3 is 0 Å². The van der Waals surface area contributed by atoms with E-state index in [1.54, 1.807) is 38.1 Å². The molecule has 0 fully saturated rings. The zero-order valence-corrected chi connectivity index (χ0v) is 13.0. The third-order valence-electron chi connectivity index (χ3n) is 3.57. The minimum absolute atomic E-state index is 0.0438. The Balaban J connectivity index is 2.16. The molecule has 2 rings (SSSR count). The van der Waals surface area contributed by atoms with Gasteiger partial charge in [0.1, 0.15) is 5.69 Å². The van der Waals surface area contributed by atoms with Crippen LogP contribution in [0.1, 0.15) is 24.3 Å². The van der Waals surface area contributed by atoms with Crippen LogP contribution in [-0.2, 0) is 9.84 Å². The van der Waals surface area contributed by atoms with Crippen LogP contribution in [0.4, 0.5) is 5.69 Å². The van der Waals surface area contributed by atoms with E-state index in [9.17, 15) is 13.2 Å². The molecule has 0 aliphatic carbocycles. The molecule has 1 heterocycles. The molecule has 1 amide bonds. The minimum atomic E-state index is -3.25. The summed E-state index contributed by atoms with van der Waals surface area (Å²) in [7, 11) is -3.25. The molecule has 0 aliphatic rings. The molecule has 2 aromatic rings. The number of hydrogen-bond acceptors (Lipinski definition) is 4. The van der Waals surface area contributed by atoms with E-state index in [4.69, 9.17) is 5.73 Å². The summed E-state index contributed by atoms with van der Waals surface area (Å²) < 4.78 is 22.2. The molecule has 0 unspecified atom stereocenters. The highest BCUT2D eigenvalue weighted by Gasteiger charge is 2.30. The molecule has 0 spiro atoms. The number of fused-ring (bicyclic) bond motifs is 1. The highest BCUT2D eigenvalue weighted by atomic mass is 32.2. The number of anilines is 1. The first-order valence-corrected chi connectivity index (χ1v) is 8.35. The number of carbonyl (C=O) groups is 1. The number of benzene rings is 1. The quantitative estimate of drug-likeness (QED) is 0.740. The second kappa shape index (κ2) is 5.07. The van der Waals surface area contributed by atoms with E-state index in [0.717, 1.165) is 17.2 Å². The Morgan fingerprint density at radius 1 is 1.33 bits per heavy atom. The van der Waals surface area contributed by atoms with Crippen molar-refractivity contribution in [3.63, 3.8) is 0 Å². The number of nitrogen functional groups attached to an aromatic ring is 1. The van der Waals surface area contributed by atoms with Crippen molar-refractivity contribution in [1.82, 2.24) is 10.3 Å². The average Bonchev–Trinajstić information content (AvgIpc) is 2.77. The lowest BCUT2D eigenvalue weighted by molar-refractivity contribution is 0.0946. The molecule has 0 saturated heterocycles. The van der Waals surface area contributed by atoms with Gasteiger partial charge in [-0.15, -0.1) is 0 Å². The van der Waals surface area contributed by atoms with Gasteiger partial charge in [-0.3, -0.25) is 4.79 Å². The Hall–Kier alpha value is -2.02. The molecule has 4 N–H and O–H groups in total. The number of hydrogen-bond donors (Lipinski definition) is 3. The summed E-state index contributed by atoms with van der Waals surface area (Å²) >= 11 is 0. The highest BCUT2D eigenvalue weighted by molar-refractivity contribution is 7.92. The van der Waals surface area contributed by atoms with E-state index in [1.165, 1.54) is 0 Å². The summed E-state index contributed by atoms with van der Waals surface area (Å²) in [5, 5.41) is 3.48. The topological polar surface area (TPSA) is 105 Å². The van der Waals surface area contributed by atoms with Gasteiger partial charge in [0.05, 0.1) is 4.75 Å². The van der Waals surface area contributed by atoms with Crippen molar-refractivity contribution >= 4 is 32.3 Å². The molecule has 0 bridgehead atoms. The normalized spacial score (nSPS) is 12.5. The maximum absolute atomic E-state index is 12.1. The molecule has 7 heteroatoms. The minimum Gasteiger partial charge on any atom is -0.399 e. The van der Waals surface area contributed by atoms with Gasteiger partial charge in [0.15, 0.2) is 9.84 Å². The lowest BCUT2D eigenvalue weighted by Crippen LogP contribution is -2.43. The number of carbonyl (C=O) groups excluding carboxylic acids is 1. The van der Waals surface area contributed by atoms with Gasteiger partial charge in [-0.25, -0.2) is 8.42 Å². The molecular weight excluding hydrogens is 290 g/mol. The van der Waals surface area contributed by atoms with Crippen molar-refractivity contribution in [3.8, 4) is 0 Å². The first-order chi connectivity index (χ1) is 9.60. The van der Waals surface area contributed by atoms with Crippen molar-refractivity contribution in [2.24, 2.45) is 0 Å². The maximum atomic E-state index is 12.1. The van der Waals surface area contributed by atoms with Crippen molar-refractivity contribution < 1.29 is 13.2 Å². The Kier molecular flexibility index (Phi) is 3.71. The third-order valence-corrected chi connectivity index (χ3v) is 5.72. The van der Waals surface area contributed by atoms with E-state index in [0.29, 0.717) is 11.4 Å². The van der Waals surface area contributed by atoms with Crippen molar-refractivity contribution in [1.29, 1.82) is 0 Å². The Morgan fingerprint density at radius 2 is 2.00 bits per heavy atom. The van der Waals surface area contributed by atoms with Crippen LogP contribution in [0.5, 0.6) is 0 Å². The number of amides is 1. The second-order valence-electron chi connectivity index (χ2n) is 5.74. The van der Waals surface area contributed by atoms with Gasteiger partial charge in [-0.05, 0) is 38.1 Å². The van der Waals surface area contributed by atoms with Crippen LogP contribution in [-0.4, -0.2) is 36.9 Å². The number of H-pyrrole nitrogens is 1. The Bertz CT molecular complexity index is 791. The summed E-state index contributed by atoms with van der Waals surface area (Å²) in [6.07, 6.45) is 1.16. The zero-order valence-electron chi connectivity index (χ0n) is 12.2. The molecule has 0 radical (unpaired) electrons. The Morgan fingerprint density at radius 3 is 2.62 bits per heavy atom. The van der Waals surface area contributed by atoms with E-state index in [-0.39, 0.29) is 12.5 Å². The largest absolute Gasteiger partial charge is 0.399 e. The molecule has 6 nitrogen and oxygen atoms in total. The van der Waals surface area contributed by atoms with Crippen molar-refractivity contribution in [2.45, 2.75) is 18.6 Å². The summed E-state index contributed by atoms with van der Waals surface area (Å²) in [6.45, 7) is 3.20. The number of rotatable bonds is 4. The van der Waals surface area contributed by atoms with Crippen LogP contribution in [0, 0.1) is 0 Å². The average molecular weight is 309 g/mol. The smallest absolute Gasteiger partial charge is 0.267 e. The number of nitrogens with two attached hydrogens (primary N) is 1. The van der Waals surface area contributed by atoms with Gasteiger partial charge in [0, 0.05) is 29.4 Å². The monoisotopic (exact) mass is 309 g/mol. The van der Waals surface area contributed by atoms with E-state index in [1.807, 2.05) is 0 Å². The summed E-state index contributed by atoms with van der Waals surface area (Å²) in [5.74, 6) is -0.346. The van der Waals surface area contributed by atoms with Crippen LogP contribution in [0.2, 0.25) is 0 Å². The Labute approximate surface area is 123 Å². The molecule has 0 atom stereocenters. The van der Waals surface area contributed by atoms with Gasteiger partial charge in [0.2, 0.25) is 0 Å². The highest BCUT2D eigenvalue weighted by Crippen LogP contribution is 2.19. The molecule has 1 aromatic carbocycles. The molecule has 0 saturated carbocycles. The van der Waals surface area contributed by atoms with Gasteiger partial charge in [-0.1, -0.05) is 0 Å². The summed E-state index contributed by atoms with van der Waals surface area (Å²) in [5.41, 5.74) is 7.49. The fraction of sp³-hybridized carbons (Fsp3) is 0.357. The van der Waals surface area contributed by atoms with Crippen molar-refractivity contribution in [2.75, 3.05) is 18.5 Å². The van der Waals surface area contributed by atoms with Crippen LogP contribution in [0.25, 0.3) is 10.9 Å². The number of sulfone groups is 1. The van der Waals surface area contributed by atoms with Crippen LogP contribution in [0.15, 0.2) is 24.3 Å². The number of nitrogens with one attached hydrogen (secondary N) is 2. The predicted octanol–water partition coefficient (Wildman–Crippen LogP) is 1.30. The number of aromatic nitrogens is 1. The second-order valence-corrected chi connectivity index (χ2v) is 8.39. The molecule has 1 aromatic heterocycles. The molecule has 21 heavy (non-hydrogen) atoms. The van der Waals surface area contributed by atoms with Gasteiger partial charge < -0.3 is 16.0 Å². The maximum Gasteiger partial charge on any atom is 0.267 e. The predicted molar refractivity (Wildman–Crippen MR) is 84.0 cm³/mol. The van der Waals surface area contributed by atoms with Crippen LogP contribution in [0.3, 0.4) is 0 Å². The van der Waals surface area contributed by atoms with Gasteiger partial charge in [-0.2, -0.15) is 0 Å². The molecule has 114 valence electrons. The number of aromatic amines is 1.